The fraction of sp³-hybridized carbons (Fsp3) is 0.600. The van der Waals surface area contributed by atoms with Crippen molar-refractivity contribution in [2.24, 2.45) is 5.41 Å². The van der Waals surface area contributed by atoms with Gasteiger partial charge in [-0.3, -0.25) is 9.78 Å². The van der Waals surface area contributed by atoms with Crippen LogP contribution >= 0.6 is 0 Å². The molecule has 1 aliphatic carbocycles. The van der Waals surface area contributed by atoms with E-state index in [1.807, 2.05) is 12.1 Å². The molecule has 1 amide bonds. The first kappa shape index (κ1) is 12.6. The van der Waals surface area contributed by atoms with Crippen LogP contribution in [0.2, 0.25) is 0 Å². The van der Waals surface area contributed by atoms with Crippen LogP contribution in [0.25, 0.3) is 0 Å². The molecule has 0 radical (unpaired) electrons. The number of carbonyl (C=O) groups is 1. The molecule has 3 rings (SSSR count). The maximum absolute atomic E-state index is 12.1. The second-order valence-corrected chi connectivity index (χ2v) is 5.67. The number of nitrogens with one attached hydrogen (secondary N) is 1. The predicted molar refractivity (Wildman–Crippen MR) is 71.6 cm³/mol. The lowest BCUT2D eigenvalue weighted by Gasteiger charge is -2.52. The van der Waals surface area contributed by atoms with Crippen LogP contribution in [0.1, 0.15) is 31.2 Å². The van der Waals surface area contributed by atoms with Gasteiger partial charge in [-0.25, -0.2) is 0 Å². The monoisotopic (exact) mass is 260 g/mol. The van der Waals surface area contributed by atoms with Crippen LogP contribution in [0.15, 0.2) is 24.5 Å². The molecule has 1 aliphatic heterocycles. The first-order valence-electron chi connectivity index (χ1n) is 7.05. The first-order chi connectivity index (χ1) is 9.28. The number of carbonyl (C=O) groups excluding carboxylic acids is 1. The van der Waals surface area contributed by atoms with Crippen LogP contribution in [0, 0.1) is 5.41 Å². The molecule has 1 atom stereocenters. The van der Waals surface area contributed by atoms with E-state index in [1.165, 1.54) is 6.42 Å². The van der Waals surface area contributed by atoms with Gasteiger partial charge in [0.15, 0.2) is 0 Å². The van der Waals surface area contributed by atoms with Crippen molar-refractivity contribution < 1.29 is 9.53 Å². The van der Waals surface area contributed by atoms with E-state index in [9.17, 15) is 4.79 Å². The summed E-state index contributed by atoms with van der Waals surface area (Å²) in [5.74, 6) is 0.114. The minimum Gasteiger partial charge on any atom is -0.381 e. The number of aromatic nitrogens is 1. The molecule has 19 heavy (non-hydrogen) atoms. The van der Waals surface area contributed by atoms with Gasteiger partial charge < -0.3 is 10.1 Å². The Morgan fingerprint density at radius 2 is 2.26 bits per heavy atom. The highest BCUT2D eigenvalue weighted by Gasteiger charge is 2.47. The summed E-state index contributed by atoms with van der Waals surface area (Å²) in [5.41, 5.74) is 1.29. The quantitative estimate of drug-likeness (QED) is 0.900. The third-order valence-electron chi connectivity index (χ3n) is 4.58. The van der Waals surface area contributed by atoms with Crippen LogP contribution in [-0.2, 0) is 16.0 Å². The molecule has 4 heteroatoms. The zero-order valence-corrected chi connectivity index (χ0v) is 11.1. The average Bonchev–Trinajstić information content (AvgIpc) is 2.46. The highest BCUT2D eigenvalue weighted by Crippen LogP contribution is 2.48. The smallest absolute Gasteiger partial charge is 0.224 e. The fourth-order valence-electron chi connectivity index (χ4n) is 3.23. The summed E-state index contributed by atoms with van der Waals surface area (Å²) in [6, 6.07) is 4.16. The van der Waals surface area contributed by atoms with Crippen LogP contribution in [0.3, 0.4) is 0 Å². The van der Waals surface area contributed by atoms with Gasteiger partial charge in [0, 0.05) is 31.6 Å². The molecule has 1 aromatic heterocycles. The van der Waals surface area contributed by atoms with Gasteiger partial charge in [0.25, 0.3) is 0 Å². The lowest BCUT2D eigenvalue weighted by Crippen LogP contribution is -2.57. The van der Waals surface area contributed by atoms with Crippen molar-refractivity contribution in [3.63, 3.8) is 0 Å². The summed E-state index contributed by atoms with van der Waals surface area (Å²) in [6.07, 6.45) is 8.43. The van der Waals surface area contributed by atoms with Crippen molar-refractivity contribution in [2.75, 3.05) is 13.2 Å². The Morgan fingerprint density at radius 3 is 2.89 bits per heavy atom. The summed E-state index contributed by atoms with van der Waals surface area (Å²) in [6.45, 7) is 1.68. The van der Waals surface area contributed by atoms with E-state index < -0.39 is 0 Å². The Kier molecular flexibility index (Phi) is 3.51. The number of rotatable bonds is 3. The minimum atomic E-state index is 0.114. The molecule has 2 fully saturated rings. The van der Waals surface area contributed by atoms with Crippen LogP contribution in [-0.4, -0.2) is 30.1 Å². The molecule has 1 saturated carbocycles. The molecule has 1 aromatic rings. The SMILES string of the molecule is O=C(Cc1cccnc1)NC1CCC12CCOCC2. The van der Waals surface area contributed by atoms with E-state index in [0.29, 0.717) is 17.9 Å². The van der Waals surface area contributed by atoms with Gasteiger partial charge in [0.05, 0.1) is 6.42 Å². The molecular formula is C15H20N2O2. The number of nitrogens with zero attached hydrogens (tertiary/aromatic N) is 1. The van der Waals surface area contributed by atoms with Crippen LogP contribution in [0.5, 0.6) is 0 Å². The summed E-state index contributed by atoms with van der Waals surface area (Å²) < 4.78 is 5.43. The number of amides is 1. The minimum absolute atomic E-state index is 0.114. The number of ether oxygens (including phenoxy) is 1. The lowest BCUT2D eigenvalue weighted by atomic mass is 9.60. The Bertz CT molecular complexity index is 441. The molecule has 0 bridgehead atoms. The van der Waals surface area contributed by atoms with E-state index in [2.05, 4.69) is 10.3 Å². The zero-order valence-electron chi connectivity index (χ0n) is 11.1. The first-order valence-corrected chi connectivity index (χ1v) is 7.05. The molecule has 102 valence electrons. The van der Waals surface area contributed by atoms with Crippen molar-refractivity contribution in [2.45, 2.75) is 38.1 Å². The van der Waals surface area contributed by atoms with Gasteiger partial charge >= 0.3 is 0 Å². The normalized spacial score (nSPS) is 24.7. The van der Waals surface area contributed by atoms with E-state index >= 15 is 0 Å². The Balaban J connectivity index is 1.55. The summed E-state index contributed by atoms with van der Waals surface area (Å²) >= 11 is 0. The van der Waals surface area contributed by atoms with Gasteiger partial charge in [-0.05, 0) is 42.7 Å². The predicted octanol–water partition coefficient (Wildman–Crippen LogP) is 1.70. The number of pyridine rings is 1. The molecule has 2 heterocycles. The van der Waals surface area contributed by atoms with E-state index in [4.69, 9.17) is 4.74 Å². The maximum Gasteiger partial charge on any atom is 0.224 e. The Morgan fingerprint density at radius 1 is 1.42 bits per heavy atom. The number of hydrogen-bond donors (Lipinski definition) is 1. The molecule has 1 spiro atoms. The van der Waals surface area contributed by atoms with Crippen molar-refractivity contribution in [1.29, 1.82) is 0 Å². The van der Waals surface area contributed by atoms with E-state index in [-0.39, 0.29) is 5.91 Å². The van der Waals surface area contributed by atoms with Crippen LogP contribution < -0.4 is 5.32 Å². The topological polar surface area (TPSA) is 51.2 Å². The molecule has 1 N–H and O–H groups in total. The number of hydrogen-bond acceptors (Lipinski definition) is 3. The molecule has 0 aromatic carbocycles. The van der Waals surface area contributed by atoms with E-state index in [0.717, 1.165) is 38.0 Å². The maximum atomic E-state index is 12.1. The van der Waals surface area contributed by atoms with Gasteiger partial charge in [-0.15, -0.1) is 0 Å². The summed E-state index contributed by atoms with van der Waals surface area (Å²) in [4.78, 5) is 16.1. The molecule has 4 nitrogen and oxygen atoms in total. The van der Waals surface area contributed by atoms with Gasteiger partial charge in [-0.1, -0.05) is 6.07 Å². The Labute approximate surface area is 113 Å². The molecule has 2 aliphatic rings. The highest BCUT2D eigenvalue weighted by atomic mass is 16.5. The highest BCUT2D eigenvalue weighted by molar-refractivity contribution is 5.79. The van der Waals surface area contributed by atoms with Gasteiger partial charge in [0.1, 0.15) is 0 Å². The van der Waals surface area contributed by atoms with Crippen molar-refractivity contribution in [1.82, 2.24) is 10.3 Å². The van der Waals surface area contributed by atoms with Crippen LogP contribution in [0.4, 0.5) is 0 Å². The molecule has 1 saturated heterocycles. The summed E-state index contributed by atoms with van der Waals surface area (Å²) in [7, 11) is 0. The third-order valence-corrected chi connectivity index (χ3v) is 4.58. The van der Waals surface area contributed by atoms with Gasteiger partial charge in [0.2, 0.25) is 5.91 Å². The fourth-order valence-corrected chi connectivity index (χ4v) is 3.23. The lowest BCUT2D eigenvalue weighted by molar-refractivity contribution is -0.126. The van der Waals surface area contributed by atoms with Crippen molar-refractivity contribution in [3.05, 3.63) is 30.1 Å². The largest absolute Gasteiger partial charge is 0.381 e. The standard InChI is InChI=1S/C15H20N2O2/c18-14(10-12-2-1-7-16-11-12)17-13-3-4-15(13)5-8-19-9-6-15/h1-2,7,11,13H,3-6,8-10H2,(H,17,18). The third kappa shape index (κ3) is 2.63. The second-order valence-electron chi connectivity index (χ2n) is 5.67. The van der Waals surface area contributed by atoms with Crippen molar-refractivity contribution >= 4 is 5.91 Å². The van der Waals surface area contributed by atoms with E-state index in [1.54, 1.807) is 12.4 Å². The van der Waals surface area contributed by atoms with Crippen molar-refractivity contribution in [3.8, 4) is 0 Å². The average molecular weight is 260 g/mol. The van der Waals surface area contributed by atoms with Gasteiger partial charge in [-0.2, -0.15) is 0 Å². The second kappa shape index (κ2) is 5.29. The summed E-state index contributed by atoms with van der Waals surface area (Å²) in [5, 5.41) is 3.20. The molecular weight excluding hydrogens is 240 g/mol. The zero-order chi connectivity index (χ0) is 13.1. The Hall–Kier alpha value is -1.42. The molecule has 1 unspecified atom stereocenters.